The summed E-state index contributed by atoms with van der Waals surface area (Å²) in [5, 5.41) is 0. The Kier molecular flexibility index (Phi) is 5.05. The van der Waals surface area contributed by atoms with E-state index in [1.165, 1.54) is 0 Å². The van der Waals surface area contributed by atoms with Gasteiger partial charge in [-0.25, -0.2) is 8.42 Å². The smallest absolute Gasteiger partial charge is 0.272 e. The van der Waals surface area contributed by atoms with E-state index in [-0.39, 0.29) is 23.5 Å². The van der Waals surface area contributed by atoms with Crippen molar-refractivity contribution >= 4 is 21.4 Å². The molecule has 2 aliphatic rings. The molecule has 132 valence electrons. The Bertz CT molecular complexity index is 701. The second-order valence-corrected chi connectivity index (χ2v) is 8.38. The highest BCUT2D eigenvalue weighted by molar-refractivity contribution is 7.91. The maximum absolute atomic E-state index is 12.8. The van der Waals surface area contributed by atoms with Crippen molar-refractivity contribution in [2.45, 2.75) is 19.4 Å². The Morgan fingerprint density at radius 2 is 2.17 bits per heavy atom. The average Bonchev–Trinajstić information content (AvgIpc) is 2.96. The van der Waals surface area contributed by atoms with Crippen LogP contribution in [0.3, 0.4) is 0 Å². The van der Waals surface area contributed by atoms with Gasteiger partial charge in [-0.15, -0.1) is 0 Å². The van der Waals surface area contributed by atoms with Crippen LogP contribution in [0.2, 0.25) is 0 Å². The lowest BCUT2D eigenvalue weighted by Gasteiger charge is -2.30. The van der Waals surface area contributed by atoms with Crippen LogP contribution in [-0.2, 0) is 14.6 Å². The summed E-state index contributed by atoms with van der Waals surface area (Å²) in [6.45, 7) is 5.27. The highest BCUT2D eigenvalue weighted by Gasteiger charge is 2.34. The zero-order valence-electron chi connectivity index (χ0n) is 13.8. The molecule has 1 amide bonds. The van der Waals surface area contributed by atoms with Crippen molar-refractivity contribution in [3.05, 3.63) is 24.0 Å². The monoisotopic (exact) mass is 353 g/mol. The maximum atomic E-state index is 12.8. The predicted octanol–water partition coefficient (Wildman–Crippen LogP) is 0.567. The van der Waals surface area contributed by atoms with E-state index < -0.39 is 9.84 Å². The topological polar surface area (TPSA) is 79.8 Å². The normalized spacial score (nSPS) is 23.2. The molecule has 3 heterocycles. The van der Waals surface area contributed by atoms with Gasteiger partial charge in [0, 0.05) is 37.6 Å². The Morgan fingerprint density at radius 3 is 2.79 bits per heavy atom. The Balaban J connectivity index is 1.78. The van der Waals surface area contributed by atoms with Gasteiger partial charge in [0.2, 0.25) is 0 Å². The summed E-state index contributed by atoms with van der Waals surface area (Å²) in [5.41, 5.74) is 1.32. The molecule has 0 aliphatic carbocycles. The molecule has 8 heteroatoms. The molecule has 7 nitrogen and oxygen atoms in total. The van der Waals surface area contributed by atoms with Crippen molar-refractivity contribution in [2.75, 3.05) is 49.3 Å². The maximum Gasteiger partial charge on any atom is 0.272 e. The molecule has 1 atom stereocenters. The van der Waals surface area contributed by atoms with Crippen molar-refractivity contribution in [3.63, 3.8) is 0 Å². The van der Waals surface area contributed by atoms with Gasteiger partial charge in [0.15, 0.2) is 9.84 Å². The van der Waals surface area contributed by atoms with Crippen LogP contribution in [0.5, 0.6) is 0 Å². The summed E-state index contributed by atoms with van der Waals surface area (Å²) in [4.78, 5) is 20.8. The molecule has 0 radical (unpaired) electrons. The number of pyridine rings is 1. The lowest BCUT2D eigenvalue weighted by atomic mass is 10.2. The summed E-state index contributed by atoms with van der Waals surface area (Å²) in [7, 11) is -3.03. The first-order valence-electron chi connectivity index (χ1n) is 8.30. The van der Waals surface area contributed by atoms with Crippen molar-refractivity contribution in [1.29, 1.82) is 0 Å². The minimum Gasteiger partial charge on any atom is -0.378 e. The van der Waals surface area contributed by atoms with Crippen LogP contribution in [-0.4, -0.2) is 74.6 Å². The number of ether oxygens (including phenoxy) is 1. The van der Waals surface area contributed by atoms with Crippen LogP contribution in [0.4, 0.5) is 5.69 Å². The second-order valence-electron chi connectivity index (χ2n) is 6.15. The Hall–Kier alpha value is -1.67. The number of hydrogen-bond acceptors (Lipinski definition) is 6. The van der Waals surface area contributed by atoms with E-state index in [0.717, 1.165) is 18.8 Å². The van der Waals surface area contributed by atoms with Crippen molar-refractivity contribution in [3.8, 4) is 0 Å². The van der Waals surface area contributed by atoms with Crippen LogP contribution < -0.4 is 4.90 Å². The molecule has 1 aromatic heterocycles. The van der Waals surface area contributed by atoms with Crippen LogP contribution in [0.15, 0.2) is 18.3 Å². The number of rotatable bonds is 4. The van der Waals surface area contributed by atoms with Crippen molar-refractivity contribution in [1.82, 2.24) is 9.88 Å². The Morgan fingerprint density at radius 1 is 1.42 bits per heavy atom. The first-order valence-corrected chi connectivity index (χ1v) is 10.1. The third-order valence-corrected chi connectivity index (χ3v) is 6.34. The van der Waals surface area contributed by atoms with E-state index in [1.54, 1.807) is 17.2 Å². The second kappa shape index (κ2) is 7.06. The van der Waals surface area contributed by atoms with Gasteiger partial charge < -0.3 is 14.5 Å². The third-order valence-electron chi connectivity index (χ3n) is 4.59. The predicted molar refractivity (Wildman–Crippen MR) is 91.0 cm³/mol. The van der Waals surface area contributed by atoms with Gasteiger partial charge >= 0.3 is 0 Å². The summed E-state index contributed by atoms with van der Waals surface area (Å²) in [6.07, 6.45) is 2.14. The number of carbonyl (C=O) groups excluding carboxylic acids is 1. The number of hydrogen-bond donors (Lipinski definition) is 0. The number of aromatic nitrogens is 1. The third kappa shape index (κ3) is 3.70. The van der Waals surface area contributed by atoms with E-state index in [4.69, 9.17) is 4.74 Å². The van der Waals surface area contributed by atoms with Crippen LogP contribution in [0.1, 0.15) is 23.8 Å². The van der Waals surface area contributed by atoms with Crippen LogP contribution in [0, 0.1) is 0 Å². The zero-order valence-corrected chi connectivity index (χ0v) is 14.7. The minimum absolute atomic E-state index is 0.0513. The number of anilines is 1. The van der Waals surface area contributed by atoms with E-state index in [9.17, 15) is 13.2 Å². The molecule has 2 fully saturated rings. The number of morpholine rings is 1. The molecule has 0 N–H and O–H groups in total. The standard InChI is InChI=1S/C16H23N3O4S/c1-2-19(14-4-10-24(21,22)12-14)16(20)15-11-13(3-5-17-15)18-6-8-23-9-7-18/h3,5,11,14H,2,4,6-10,12H2,1H3. The molecule has 1 aromatic rings. The highest BCUT2D eigenvalue weighted by atomic mass is 32.2. The van der Waals surface area contributed by atoms with E-state index in [1.807, 2.05) is 13.0 Å². The van der Waals surface area contributed by atoms with Gasteiger partial charge in [0.1, 0.15) is 5.69 Å². The number of amides is 1. The van der Waals surface area contributed by atoms with Crippen LogP contribution >= 0.6 is 0 Å². The molecular formula is C16H23N3O4S. The zero-order chi connectivity index (χ0) is 17.2. The average molecular weight is 353 g/mol. The summed E-state index contributed by atoms with van der Waals surface area (Å²) >= 11 is 0. The fraction of sp³-hybridized carbons (Fsp3) is 0.625. The number of sulfone groups is 1. The fourth-order valence-corrected chi connectivity index (χ4v) is 5.02. The van der Waals surface area contributed by atoms with Gasteiger partial charge in [-0.3, -0.25) is 9.78 Å². The summed E-state index contributed by atoms with van der Waals surface area (Å²) in [6, 6.07) is 3.43. The summed E-state index contributed by atoms with van der Waals surface area (Å²) < 4.78 is 28.8. The molecule has 24 heavy (non-hydrogen) atoms. The summed E-state index contributed by atoms with van der Waals surface area (Å²) in [5.74, 6) is 0.00743. The number of nitrogens with zero attached hydrogens (tertiary/aromatic N) is 3. The van der Waals surface area contributed by atoms with Crippen LogP contribution in [0.25, 0.3) is 0 Å². The molecular weight excluding hydrogens is 330 g/mol. The molecule has 1 unspecified atom stereocenters. The largest absolute Gasteiger partial charge is 0.378 e. The fourth-order valence-electron chi connectivity index (χ4n) is 3.29. The molecule has 0 saturated carbocycles. The van der Waals surface area contributed by atoms with Gasteiger partial charge in [-0.2, -0.15) is 0 Å². The lowest BCUT2D eigenvalue weighted by Crippen LogP contribution is -2.41. The van der Waals surface area contributed by atoms with Crippen molar-refractivity contribution in [2.24, 2.45) is 0 Å². The minimum atomic E-state index is -3.03. The molecule has 3 rings (SSSR count). The first-order chi connectivity index (χ1) is 11.5. The van der Waals surface area contributed by atoms with Gasteiger partial charge in [-0.05, 0) is 25.5 Å². The van der Waals surface area contributed by atoms with Gasteiger partial charge in [-0.1, -0.05) is 0 Å². The molecule has 2 aliphatic heterocycles. The lowest BCUT2D eigenvalue weighted by molar-refractivity contribution is 0.0702. The van der Waals surface area contributed by atoms with Gasteiger partial charge in [0.05, 0.1) is 24.7 Å². The quantitative estimate of drug-likeness (QED) is 0.787. The van der Waals surface area contributed by atoms with E-state index >= 15 is 0 Å². The Labute approximate surface area is 142 Å². The highest BCUT2D eigenvalue weighted by Crippen LogP contribution is 2.21. The van der Waals surface area contributed by atoms with Crippen molar-refractivity contribution < 1.29 is 17.9 Å². The molecule has 2 saturated heterocycles. The first kappa shape index (κ1) is 17.2. The molecule has 0 bridgehead atoms. The molecule has 0 spiro atoms. The number of carbonyl (C=O) groups is 1. The molecule has 0 aromatic carbocycles. The van der Waals surface area contributed by atoms with E-state index in [0.29, 0.717) is 31.9 Å². The van der Waals surface area contributed by atoms with Gasteiger partial charge in [0.25, 0.3) is 5.91 Å². The SMILES string of the molecule is CCN(C(=O)c1cc(N2CCOCC2)ccn1)C1CCS(=O)(=O)C1. The van der Waals surface area contributed by atoms with E-state index in [2.05, 4.69) is 9.88 Å².